The molecule has 1 aromatic carbocycles. The van der Waals surface area contributed by atoms with Crippen LogP contribution < -0.4 is 9.47 Å². The van der Waals surface area contributed by atoms with E-state index in [1.165, 1.54) is 5.56 Å². The first-order chi connectivity index (χ1) is 12.0. The lowest BCUT2D eigenvalue weighted by Crippen LogP contribution is -2.49. The Bertz CT molecular complexity index is 733. The summed E-state index contributed by atoms with van der Waals surface area (Å²) in [5.41, 5.74) is 1.02. The predicted molar refractivity (Wildman–Crippen MR) is 90.8 cm³/mol. The van der Waals surface area contributed by atoms with Crippen molar-refractivity contribution in [3.63, 3.8) is 0 Å². The molecule has 4 rings (SSSR count). The topological polar surface area (TPSA) is 57.2 Å². The van der Waals surface area contributed by atoms with E-state index < -0.39 is 5.79 Å². The zero-order chi connectivity index (χ0) is 17.7. The zero-order valence-electron chi connectivity index (χ0n) is 14.8. The molecule has 3 atom stereocenters. The Hall–Kier alpha value is -2.05. The van der Waals surface area contributed by atoms with Crippen LogP contribution >= 0.6 is 0 Å². The summed E-state index contributed by atoms with van der Waals surface area (Å²) in [6.45, 7) is 0.984. The maximum atomic E-state index is 11.6. The second-order valence-electron chi connectivity index (χ2n) is 6.97. The zero-order valence-corrected chi connectivity index (χ0v) is 14.8. The Morgan fingerprint density at radius 2 is 2.00 bits per heavy atom. The molecule has 1 aromatic rings. The van der Waals surface area contributed by atoms with E-state index in [0.29, 0.717) is 6.42 Å². The fourth-order valence-electron chi connectivity index (χ4n) is 4.40. The Labute approximate surface area is 147 Å². The molecule has 25 heavy (non-hydrogen) atoms. The van der Waals surface area contributed by atoms with Gasteiger partial charge in [0, 0.05) is 17.9 Å². The molecule has 0 N–H and O–H groups in total. The molecule has 1 spiro atoms. The molecular weight excluding hydrogens is 322 g/mol. The molecule has 2 saturated heterocycles. The Morgan fingerprint density at radius 3 is 2.68 bits per heavy atom. The third-order valence-electron chi connectivity index (χ3n) is 5.76. The number of esters is 1. The first-order valence-electron chi connectivity index (χ1n) is 8.51. The van der Waals surface area contributed by atoms with Gasteiger partial charge in [0.25, 0.3) is 0 Å². The Kier molecular flexibility index (Phi) is 3.77. The third-order valence-corrected chi connectivity index (χ3v) is 5.76. The quantitative estimate of drug-likeness (QED) is 0.616. The van der Waals surface area contributed by atoms with E-state index in [1.54, 1.807) is 14.2 Å². The molecule has 6 nitrogen and oxygen atoms in total. The average molecular weight is 345 g/mol. The number of ether oxygens (including phenoxy) is 4. The van der Waals surface area contributed by atoms with Gasteiger partial charge in [0.05, 0.1) is 14.2 Å². The standard InChI is InChI=1S/C19H23NO5/c1-20-9-8-18(13-4-5-14(22-2)15(10-13)23-3)6-7-19(11-16(18)20)24-12-17(21)25-19/h4-7,10,16H,8-9,11-12H2,1-3H3/t16-,18-,19?/m0/s1. The summed E-state index contributed by atoms with van der Waals surface area (Å²) < 4.78 is 22.0. The fraction of sp³-hybridized carbons (Fsp3) is 0.526. The SMILES string of the molecule is COc1ccc([C@@]23C=CC4(C[C@@H]2N(C)CC3)OCC(=O)O4)cc1OC. The highest BCUT2D eigenvalue weighted by Gasteiger charge is 2.55. The van der Waals surface area contributed by atoms with E-state index in [2.05, 4.69) is 30.2 Å². The van der Waals surface area contributed by atoms with Crippen molar-refractivity contribution < 1.29 is 23.7 Å². The lowest BCUT2D eigenvalue weighted by Gasteiger charge is -2.43. The number of nitrogens with zero attached hydrogens (tertiary/aromatic N) is 1. The van der Waals surface area contributed by atoms with Gasteiger partial charge >= 0.3 is 5.97 Å². The van der Waals surface area contributed by atoms with Crippen LogP contribution in [0.3, 0.4) is 0 Å². The highest BCUT2D eigenvalue weighted by molar-refractivity contribution is 5.73. The number of benzene rings is 1. The first-order valence-corrected chi connectivity index (χ1v) is 8.51. The highest BCUT2D eigenvalue weighted by Crippen LogP contribution is 2.50. The molecule has 1 aliphatic carbocycles. The van der Waals surface area contributed by atoms with Crippen LogP contribution in [0.15, 0.2) is 30.4 Å². The normalized spacial score (nSPS) is 34.2. The van der Waals surface area contributed by atoms with E-state index in [0.717, 1.165) is 24.5 Å². The number of likely N-dealkylation sites (N-methyl/N-ethyl adjacent to an activating group) is 1. The summed E-state index contributed by atoms with van der Waals surface area (Å²) in [5, 5.41) is 0. The van der Waals surface area contributed by atoms with Crippen LogP contribution in [-0.4, -0.2) is 57.1 Å². The molecular formula is C19H23NO5. The molecule has 2 aliphatic heterocycles. The van der Waals surface area contributed by atoms with Crippen molar-refractivity contribution in [1.29, 1.82) is 0 Å². The lowest BCUT2D eigenvalue weighted by atomic mass is 9.68. The second-order valence-corrected chi connectivity index (χ2v) is 6.97. The molecule has 134 valence electrons. The van der Waals surface area contributed by atoms with Crippen LogP contribution in [0.4, 0.5) is 0 Å². The van der Waals surface area contributed by atoms with E-state index in [4.69, 9.17) is 18.9 Å². The van der Waals surface area contributed by atoms with Crippen LogP contribution in [0.25, 0.3) is 0 Å². The van der Waals surface area contributed by atoms with Crippen molar-refractivity contribution in [2.45, 2.75) is 30.1 Å². The highest BCUT2D eigenvalue weighted by atomic mass is 16.8. The number of likely N-dealkylation sites (tertiary alicyclic amines) is 1. The summed E-state index contributed by atoms with van der Waals surface area (Å²) in [5.74, 6) is 0.221. The number of carbonyl (C=O) groups is 1. The molecule has 2 heterocycles. The Balaban J connectivity index is 1.77. The van der Waals surface area contributed by atoms with Crippen LogP contribution in [0.5, 0.6) is 11.5 Å². The predicted octanol–water partition coefficient (Wildman–Crippen LogP) is 1.88. The van der Waals surface area contributed by atoms with Crippen molar-refractivity contribution >= 4 is 5.97 Å². The van der Waals surface area contributed by atoms with Crippen LogP contribution in [0.1, 0.15) is 18.4 Å². The molecule has 0 radical (unpaired) electrons. The van der Waals surface area contributed by atoms with Gasteiger partial charge in [-0.05, 0) is 43.8 Å². The largest absolute Gasteiger partial charge is 0.493 e. The minimum atomic E-state index is -0.916. The number of methoxy groups -OCH3 is 2. The van der Waals surface area contributed by atoms with E-state index >= 15 is 0 Å². The van der Waals surface area contributed by atoms with Gasteiger partial charge in [0.2, 0.25) is 5.79 Å². The van der Waals surface area contributed by atoms with E-state index in [1.807, 2.05) is 12.1 Å². The van der Waals surface area contributed by atoms with E-state index in [9.17, 15) is 4.79 Å². The van der Waals surface area contributed by atoms with Crippen LogP contribution in [0.2, 0.25) is 0 Å². The lowest BCUT2D eigenvalue weighted by molar-refractivity contribution is -0.163. The fourth-order valence-corrected chi connectivity index (χ4v) is 4.40. The van der Waals surface area contributed by atoms with Gasteiger partial charge in [-0.1, -0.05) is 12.1 Å². The van der Waals surface area contributed by atoms with Crippen molar-refractivity contribution in [1.82, 2.24) is 4.90 Å². The van der Waals surface area contributed by atoms with Crippen molar-refractivity contribution in [2.24, 2.45) is 0 Å². The summed E-state index contributed by atoms with van der Waals surface area (Å²) in [6.07, 6.45) is 5.69. The van der Waals surface area contributed by atoms with E-state index in [-0.39, 0.29) is 24.0 Å². The number of fused-ring (bicyclic) bond motifs is 1. The smallest absolute Gasteiger partial charge is 0.335 e. The van der Waals surface area contributed by atoms with Gasteiger partial charge in [-0.2, -0.15) is 0 Å². The molecule has 1 unspecified atom stereocenters. The van der Waals surface area contributed by atoms with Gasteiger partial charge in [-0.15, -0.1) is 0 Å². The molecule has 0 saturated carbocycles. The summed E-state index contributed by atoms with van der Waals surface area (Å²) in [4.78, 5) is 13.9. The summed E-state index contributed by atoms with van der Waals surface area (Å²) >= 11 is 0. The van der Waals surface area contributed by atoms with Gasteiger partial charge in [0.1, 0.15) is 6.61 Å². The Morgan fingerprint density at radius 1 is 1.20 bits per heavy atom. The average Bonchev–Trinajstić information content (AvgIpc) is 3.16. The van der Waals surface area contributed by atoms with Crippen molar-refractivity contribution in [3.8, 4) is 11.5 Å². The van der Waals surface area contributed by atoms with Crippen LogP contribution in [-0.2, 0) is 19.7 Å². The van der Waals surface area contributed by atoms with Crippen molar-refractivity contribution in [3.05, 3.63) is 35.9 Å². The van der Waals surface area contributed by atoms with Crippen molar-refractivity contribution in [2.75, 3.05) is 34.4 Å². The molecule has 3 aliphatic rings. The number of rotatable bonds is 3. The summed E-state index contributed by atoms with van der Waals surface area (Å²) in [7, 11) is 5.39. The number of hydrogen-bond acceptors (Lipinski definition) is 6. The molecule has 0 aromatic heterocycles. The van der Waals surface area contributed by atoms with Gasteiger partial charge in [-0.25, -0.2) is 4.79 Å². The van der Waals surface area contributed by atoms with Crippen LogP contribution in [0, 0.1) is 0 Å². The maximum absolute atomic E-state index is 11.6. The third kappa shape index (κ3) is 2.43. The summed E-state index contributed by atoms with van der Waals surface area (Å²) in [6, 6.07) is 6.27. The minimum absolute atomic E-state index is 0.0180. The second kappa shape index (κ2) is 5.75. The maximum Gasteiger partial charge on any atom is 0.335 e. The number of carbonyl (C=O) groups excluding carboxylic acids is 1. The first kappa shape index (κ1) is 16.4. The molecule has 0 amide bonds. The number of hydrogen-bond donors (Lipinski definition) is 0. The van der Waals surface area contributed by atoms with Gasteiger partial charge in [0.15, 0.2) is 11.5 Å². The van der Waals surface area contributed by atoms with Gasteiger partial charge in [-0.3, -0.25) is 0 Å². The molecule has 2 fully saturated rings. The monoisotopic (exact) mass is 345 g/mol. The van der Waals surface area contributed by atoms with Gasteiger partial charge < -0.3 is 23.8 Å². The minimum Gasteiger partial charge on any atom is -0.493 e. The molecule has 0 bridgehead atoms. The molecule has 6 heteroatoms.